The molecule has 1 aromatic carbocycles. The molecule has 9 nitrogen and oxygen atoms in total. The van der Waals surface area contributed by atoms with E-state index in [4.69, 9.17) is 9.47 Å². The van der Waals surface area contributed by atoms with Crippen molar-refractivity contribution in [3.8, 4) is 5.75 Å². The fourth-order valence-electron chi connectivity index (χ4n) is 5.38. The first-order valence-electron chi connectivity index (χ1n) is 12.1. The van der Waals surface area contributed by atoms with Crippen LogP contribution in [-0.2, 0) is 16.1 Å². The molecule has 178 valence electrons. The zero-order valence-electron chi connectivity index (χ0n) is 19.3. The molecule has 2 aromatic rings. The van der Waals surface area contributed by atoms with E-state index < -0.39 is 0 Å². The molecule has 0 saturated carbocycles. The Bertz CT molecular complexity index is 1100. The van der Waals surface area contributed by atoms with Gasteiger partial charge in [0.05, 0.1) is 24.5 Å². The largest absolute Gasteiger partial charge is 0.486 e. The molecule has 3 fully saturated rings. The summed E-state index contributed by atoms with van der Waals surface area (Å²) in [6.07, 6.45) is 4.14. The van der Waals surface area contributed by atoms with E-state index >= 15 is 0 Å². The number of aromatic nitrogens is 2. The fourth-order valence-corrected chi connectivity index (χ4v) is 5.38. The average molecular weight is 463 g/mol. The van der Waals surface area contributed by atoms with Crippen LogP contribution in [0.5, 0.6) is 5.75 Å². The Kier molecular flexibility index (Phi) is 5.58. The summed E-state index contributed by atoms with van der Waals surface area (Å²) in [6, 6.07) is 6.93. The van der Waals surface area contributed by atoms with Crippen LogP contribution in [0.3, 0.4) is 0 Å². The molecule has 0 bridgehead atoms. The SMILES string of the molecule is C=CC(=O)N1CC(N2CC[C@@H](c3ccc4c(c3)Nc3ncnc(N5CCOCC5)c3CO4)C2)C1. The lowest BCUT2D eigenvalue weighted by molar-refractivity contribution is -0.132. The van der Waals surface area contributed by atoms with Crippen molar-refractivity contribution in [1.82, 2.24) is 19.8 Å². The molecule has 4 aliphatic heterocycles. The third kappa shape index (κ3) is 3.88. The highest BCUT2D eigenvalue weighted by Gasteiger charge is 2.37. The molecule has 5 heterocycles. The smallest absolute Gasteiger partial charge is 0.246 e. The molecule has 1 N–H and O–H groups in total. The van der Waals surface area contributed by atoms with Crippen LogP contribution in [0.4, 0.5) is 17.3 Å². The van der Waals surface area contributed by atoms with Gasteiger partial charge in [-0.05, 0) is 42.7 Å². The van der Waals surface area contributed by atoms with E-state index in [0.29, 0.717) is 31.8 Å². The average Bonchev–Trinajstić information content (AvgIpc) is 3.24. The number of hydrogen-bond donors (Lipinski definition) is 1. The van der Waals surface area contributed by atoms with Crippen molar-refractivity contribution in [1.29, 1.82) is 0 Å². The number of amides is 1. The summed E-state index contributed by atoms with van der Waals surface area (Å²) < 4.78 is 11.7. The minimum Gasteiger partial charge on any atom is -0.486 e. The van der Waals surface area contributed by atoms with Crippen molar-refractivity contribution in [2.45, 2.75) is 25.0 Å². The Morgan fingerprint density at radius 3 is 2.82 bits per heavy atom. The van der Waals surface area contributed by atoms with Gasteiger partial charge in [-0.2, -0.15) is 0 Å². The van der Waals surface area contributed by atoms with Crippen LogP contribution in [0.1, 0.15) is 23.5 Å². The number of anilines is 3. The summed E-state index contributed by atoms with van der Waals surface area (Å²) in [5.41, 5.74) is 3.24. The van der Waals surface area contributed by atoms with E-state index in [2.05, 4.69) is 49.9 Å². The van der Waals surface area contributed by atoms with Crippen LogP contribution in [0, 0.1) is 0 Å². The van der Waals surface area contributed by atoms with E-state index in [1.165, 1.54) is 11.6 Å². The number of hydrogen-bond acceptors (Lipinski definition) is 8. The maximum atomic E-state index is 11.8. The number of morpholine rings is 1. The second kappa shape index (κ2) is 8.88. The lowest BCUT2D eigenvalue weighted by atomic mass is 9.97. The monoisotopic (exact) mass is 462 g/mol. The second-order valence-corrected chi connectivity index (χ2v) is 9.37. The normalized spacial score (nSPS) is 22.6. The summed E-state index contributed by atoms with van der Waals surface area (Å²) in [6.45, 7) is 10.8. The van der Waals surface area contributed by atoms with Crippen LogP contribution in [0.2, 0.25) is 0 Å². The van der Waals surface area contributed by atoms with Crippen LogP contribution in [-0.4, -0.2) is 84.2 Å². The molecule has 3 saturated heterocycles. The number of likely N-dealkylation sites (tertiary alicyclic amines) is 2. The van der Waals surface area contributed by atoms with Crippen molar-refractivity contribution >= 4 is 23.2 Å². The predicted molar refractivity (Wildman–Crippen MR) is 129 cm³/mol. The summed E-state index contributed by atoms with van der Waals surface area (Å²) >= 11 is 0. The van der Waals surface area contributed by atoms with Crippen molar-refractivity contribution < 1.29 is 14.3 Å². The molecule has 1 aromatic heterocycles. The van der Waals surface area contributed by atoms with Gasteiger partial charge in [-0.25, -0.2) is 9.97 Å². The highest BCUT2D eigenvalue weighted by Crippen LogP contribution is 2.39. The summed E-state index contributed by atoms with van der Waals surface area (Å²) in [5, 5.41) is 3.53. The molecule has 34 heavy (non-hydrogen) atoms. The van der Waals surface area contributed by atoms with Crippen LogP contribution in [0.25, 0.3) is 0 Å². The van der Waals surface area contributed by atoms with Gasteiger partial charge in [-0.1, -0.05) is 12.6 Å². The molecule has 0 aliphatic carbocycles. The first kappa shape index (κ1) is 21.4. The molecule has 1 atom stereocenters. The first-order valence-corrected chi connectivity index (χ1v) is 12.1. The lowest BCUT2D eigenvalue weighted by Crippen LogP contribution is -2.60. The van der Waals surface area contributed by atoms with Gasteiger partial charge in [0.15, 0.2) is 0 Å². The van der Waals surface area contributed by atoms with Crippen molar-refractivity contribution in [3.05, 3.63) is 48.3 Å². The third-order valence-electron chi connectivity index (χ3n) is 7.42. The minimum atomic E-state index is 0.0321. The molecular weight excluding hydrogens is 432 g/mol. The van der Waals surface area contributed by atoms with Crippen LogP contribution < -0.4 is 15.0 Å². The summed E-state index contributed by atoms with van der Waals surface area (Å²) in [7, 11) is 0. The summed E-state index contributed by atoms with van der Waals surface area (Å²) in [5.74, 6) is 3.06. The van der Waals surface area contributed by atoms with Crippen molar-refractivity contribution in [2.75, 3.05) is 62.7 Å². The zero-order chi connectivity index (χ0) is 23.1. The van der Waals surface area contributed by atoms with Crippen molar-refractivity contribution in [3.63, 3.8) is 0 Å². The number of rotatable bonds is 4. The number of carbonyl (C=O) groups is 1. The van der Waals surface area contributed by atoms with E-state index in [1.54, 1.807) is 6.33 Å². The van der Waals surface area contributed by atoms with Gasteiger partial charge in [-0.3, -0.25) is 9.69 Å². The fraction of sp³-hybridized carbons (Fsp3) is 0.480. The molecular formula is C25H30N6O3. The van der Waals surface area contributed by atoms with Gasteiger partial charge < -0.3 is 24.6 Å². The third-order valence-corrected chi connectivity index (χ3v) is 7.42. The number of ether oxygens (including phenoxy) is 2. The number of fused-ring (bicyclic) bond motifs is 2. The molecule has 4 aliphatic rings. The summed E-state index contributed by atoms with van der Waals surface area (Å²) in [4.78, 5) is 27.5. The standard InChI is InChI=1S/C25H30N6O3/c1-2-23(32)31-13-19(14-31)30-6-5-18(12-30)17-3-4-22-21(11-17)28-24-20(15-34-22)25(27-16-26-24)29-7-9-33-10-8-29/h2-4,11,16,18-19H,1,5-10,12-15H2,(H,26,27,28)/t18-/m1/s1. The first-order chi connectivity index (χ1) is 16.7. The molecule has 0 unspecified atom stereocenters. The Labute approximate surface area is 199 Å². The molecule has 0 radical (unpaired) electrons. The van der Waals surface area contributed by atoms with Gasteiger partial charge in [0.25, 0.3) is 0 Å². The minimum absolute atomic E-state index is 0.0321. The van der Waals surface area contributed by atoms with Gasteiger partial charge in [0.2, 0.25) is 5.91 Å². The Hall–Kier alpha value is -3.17. The van der Waals surface area contributed by atoms with E-state index in [0.717, 1.165) is 74.3 Å². The Balaban J connectivity index is 1.17. The Morgan fingerprint density at radius 1 is 1.15 bits per heavy atom. The molecule has 1 amide bonds. The van der Waals surface area contributed by atoms with Gasteiger partial charge in [0.1, 0.15) is 30.3 Å². The maximum Gasteiger partial charge on any atom is 0.246 e. The Morgan fingerprint density at radius 2 is 2.00 bits per heavy atom. The van der Waals surface area contributed by atoms with E-state index in [1.807, 2.05) is 4.90 Å². The highest BCUT2D eigenvalue weighted by molar-refractivity contribution is 5.87. The lowest BCUT2D eigenvalue weighted by Gasteiger charge is -2.43. The molecule has 6 rings (SSSR count). The highest BCUT2D eigenvalue weighted by atomic mass is 16.5. The maximum absolute atomic E-state index is 11.8. The number of nitrogens with zero attached hydrogens (tertiary/aromatic N) is 5. The van der Waals surface area contributed by atoms with Gasteiger partial charge in [0, 0.05) is 38.8 Å². The molecule has 9 heteroatoms. The molecule has 0 spiro atoms. The van der Waals surface area contributed by atoms with Crippen LogP contribution in [0.15, 0.2) is 37.2 Å². The quantitative estimate of drug-likeness (QED) is 0.692. The van der Waals surface area contributed by atoms with Gasteiger partial charge in [-0.15, -0.1) is 0 Å². The second-order valence-electron chi connectivity index (χ2n) is 9.37. The topological polar surface area (TPSA) is 83.1 Å². The van der Waals surface area contributed by atoms with E-state index in [9.17, 15) is 4.79 Å². The van der Waals surface area contributed by atoms with E-state index in [-0.39, 0.29) is 5.91 Å². The van der Waals surface area contributed by atoms with Crippen molar-refractivity contribution in [2.24, 2.45) is 0 Å². The van der Waals surface area contributed by atoms with Crippen LogP contribution >= 0.6 is 0 Å². The number of carbonyl (C=O) groups excluding carboxylic acids is 1. The number of nitrogens with one attached hydrogen (secondary N) is 1. The predicted octanol–water partition coefficient (Wildman–Crippen LogP) is 2.14. The zero-order valence-corrected chi connectivity index (χ0v) is 19.3. The number of benzene rings is 1. The van der Waals surface area contributed by atoms with Gasteiger partial charge >= 0.3 is 0 Å².